The molecule has 3 N–H and O–H groups in total. The Hall–Kier alpha value is -0.970. The molecule has 0 radical (unpaired) electrons. The Morgan fingerprint density at radius 1 is 1.33 bits per heavy atom. The molecule has 1 aromatic rings. The zero-order valence-corrected chi connectivity index (χ0v) is 9.25. The molecular formula is C11H17FN2O. The van der Waals surface area contributed by atoms with Gasteiger partial charge in [0.15, 0.2) is 0 Å². The van der Waals surface area contributed by atoms with E-state index in [9.17, 15) is 4.39 Å². The van der Waals surface area contributed by atoms with E-state index in [1.165, 1.54) is 12.1 Å². The molecule has 84 valence electrons. The highest BCUT2D eigenvalue weighted by Crippen LogP contribution is 2.27. The van der Waals surface area contributed by atoms with Crippen LogP contribution in [0.2, 0.25) is 0 Å². The zero-order chi connectivity index (χ0) is 11.5. The van der Waals surface area contributed by atoms with Crippen molar-refractivity contribution in [3.05, 3.63) is 35.6 Å². The van der Waals surface area contributed by atoms with Crippen LogP contribution >= 0.6 is 0 Å². The van der Waals surface area contributed by atoms with Gasteiger partial charge in [-0.1, -0.05) is 12.1 Å². The summed E-state index contributed by atoms with van der Waals surface area (Å²) in [5, 5.41) is 0. The first-order valence-corrected chi connectivity index (χ1v) is 4.78. The van der Waals surface area contributed by atoms with Gasteiger partial charge in [0.1, 0.15) is 5.82 Å². The number of halogens is 1. The Labute approximate surface area is 89.4 Å². The van der Waals surface area contributed by atoms with Crippen LogP contribution in [0.25, 0.3) is 0 Å². The van der Waals surface area contributed by atoms with E-state index in [2.05, 4.69) is 5.43 Å². The molecule has 0 aliphatic carbocycles. The summed E-state index contributed by atoms with van der Waals surface area (Å²) < 4.78 is 18.1. The molecule has 0 spiro atoms. The lowest BCUT2D eigenvalue weighted by molar-refractivity contribution is -0.0111. The minimum Gasteiger partial charge on any atom is -0.377 e. The normalized spacial score (nSPS) is 13.9. The number of methoxy groups -OCH3 is 1. The molecule has 0 aliphatic heterocycles. The molecule has 0 fully saturated rings. The van der Waals surface area contributed by atoms with Gasteiger partial charge in [0.05, 0.1) is 11.6 Å². The Kier molecular flexibility index (Phi) is 3.79. The van der Waals surface area contributed by atoms with Crippen LogP contribution in [0.5, 0.6) is 0 Å². The van der Waals surface area contributed by atoms with Crippen LogP contribution in [0, 0.1) is 5.82 Å². The predicted octanol–water partition coefficient (Wildman–Crippen LogP) is 1.76. The highest BCUT2D eigenvalue weighted by atomic mass is 19.1. The summed E-state index contributed by atoms with van der Waals surface area (Å²) >= 11 is 0. The van der Waals surface area contributed by atoms with E-state index in [1.807, 2.05) is 13.8 Å². The number of nitrogens with two attached hydrogens (primary N) is 1. The standard InChI is InChI=1S/C11H17FN2O/c1-11(2,15-3)10(14-13)8-4-6-9(12)7-5-8/h4-7,10,14H,13H2,1-3H3. The van der Waals surface area contributed by atoms with Crippen LogP contribution in [0.3, 0.4) is 0 Å². The quantitative estimate of drug-likeness (QED) is 0.590. The van der Waals surface area contributed by atoms with Crippen LogP contribution in [0.1, 0.15) is 25.5 Å². The number of nitrogens with one attached hydrogen (secondary N) is 1. The fraction of sp³-hybridized carbons (Fsp3) is 0.455. The number of benzene rings is 1. The third-order valence-electron chi connectivity index (χ3n) is 2.59. The van der Waals surface area contributed by atoms with Crippen LogP contribution in [-0.2, 0) is 4.74 Å². The molecule has 0 amide bonds. The zero-order valence-electron chi connectivity index (χ0n) is 9.25. The summed E-state index contributed by atoms with van der Waals surface area (Å²) in [6.07, 6.45) is 0. The highest BCUT2D eigenvalue weighted by Gasteiger charge is 2.29. The molecule has 4 heteroatoms. The molecule has 0 aromatic heterocycles. The third kappa shape index (κ3) is 2.75. The predicted molar refractivity (Wildman–Crippen MR) is 57.6 cm³/mol. The maximum Gasteiger partial charge on any atom is 0.123 e. The summed E-state index contributed by atoms with van der Waals surface area (Å²) in [6.45, 7) is 3.84. The van der Waals surface area contributed by atoms with Crippen LogP contribution in [0.4, 0.5) is 4.39 Å². The van der Waals surface area contributed by atoms with Gasteiger partial charge in [-0.05, 0) is 31.5 Å². The van der Waals surface area contributed by atoms with E-state index in [4.69, 9.17) is 10.6 Å². The molecule has 0 aliphatic rings. The van der Waals surface area contributed by atoms with Crippen LogP contribution in [-0.4, -0.2) is 12.7 Å². The van der Waals surface area contributed by atoms with Crippen molar-refractivity contribution in [1.29, 1.82) is 0 Å². The Morgan fingerprint density at radius 3 is 2.27 bits per heavy atom. The topological polar surface area (TPSA) is 47.3 Å². The van der Waals surface area contributed by atoms with Crippen molar-refractivity contribution in [3.8, 4) is 0 Å². The van der Waals surface area contributed by atoms with Gasteiger partial charge in [-0.3, -0.25) is 11.3 Å². The summed E-state index contributed by atoms with van der Waals surface area (Å²) in [4.78, 5) is 0. The summed E-state index contributed by atoms with van der Waals surface area (Å²) in [7, 11) is 1.62. The second-order valence-corrected chi connectivity index (χ2v) is 3.96. The van der Waals surface area contributed by atoms with Crippen molar-refractivity contribution < 1.29 is 9.13 Å². The first-order chi connectivity index (χ1) is 7.01. The number of rotatable bonds is 4. The first kappa shape index (κ1) is 12.1. The lowest BCUT2D eigenvalue weighted by Crippen LogP contribution is -2.43. The van der Waals surface area contributed by atoms with E-state index in [-0.39, 0.29) is 11.9 Å². The highest BCUT2D eigenvalue weighted by molar-refractivity contribution is 5.22. The average Bonchev–Trinajstić information content (AvgIpc) is 2.22. The van der Waals surface area contributed by atoms with Gasteiger partial charge >= 0.3 is 0 Å². The van der Waals surface area contributed by atoms with E-state index in [0.29, 0.717) is 0 Å². The van der Waals surface area contributed by atoms with Crippen molar-refractivity contribution in [1.82, 2.24) is 5.43 Å². The first-order valence-electron chi connectivity index (χ1n) is 4.78. The number of hydrazine groups is 1. The molecular weight excluding hydrogens is 195 g/mol. The summed E-state index contributed by atoms with van der Waals surface area (Å²) in [5.41, 5.74) is 3.12. The second kappa shape index (κ2) is 4.70. The molecule has 1 unspecified atom stereocenters. The SMILES string of the molecule is COC(C)(C)C(NN)c1ccc(F)cc1. The molecule has 3 nitrogen and oxygen atoms in total. The molecule has 15 heavy (non-hydrogen) atoms. The lowest BCUT2D eigenvalue weighted by atomic mass is 9.92. The molecule has 1 rings (SSSR count). The van der Waals surface area contributed by atoms with Crippen LogP contribution < -0.4 is 11.3 Å². The fourth-order valence-corrected chi connectivity index (χ4v) is 1.47. The van der Waals surface area contributed by atoms with Gasteiger partial charge in [0.25, 0.3) is 0 Å². The summed E-state index contributed by atoms with van der Waals surface area (Å²) in [6, 6.07) is 6.03. The van der Waals surface area contributed by atoms with E-state index >= 15 is 0 Å². The monoisotopic (exact) mass is 212 g/mol. The Morgan fingerprint density at radius 2 is 1.87 bits per heavy atom. The lowest BCUT2D eigenvalue weighted by Gasteiger charge is -2.32. The smallest absolute Gasteiger partial charge is 0.123 e. The van der Waals surface area contributed by atoms with Crippen molar-refractivity contribution in [2.24, 2.45) is 5.84 Å². The molecule has 0 saturated carbocycles. The van der Waals surface area contributed by atoms with E-state index in [0.717, 1.165) is 5.56 Å². The second-order valence-electron chi connectivity index (χ2n) is 3.96. The van der Waals surface area contributed by atoms with Crippen molar-refractivity contribution in [3.63, 3.8) is 0 Å². The van der Waals surface area contributed by atoms with Crippen molar-refractivity contribution in [2.75, 3.05) is 7.11 Å². The minimum atomic E-state index is -0.452. The third-order valence-corrected chi connectivity index (χ3v) is 2.59. The van der Waals surface area contributed by atoms with E-state index in [1.54, 1.807) is 19.2 Å². The number of hydrogen-bond acceptors (Lipinski definition) is 3. The van der Waals surface area contributed by atoms with Gasteiger partial charge < -0.3 is 4.74 Å². The van der Waals surface area contributed by atoms with Crippen molar-refractivity contribution >= 4 is 0 Å². The van der Waals surface area contributed by atoms with Gasteiger partial charge in [-0.15, -0.1) is 0 Å². The number of ether oxygens (including phenoxy) is 1. The van der Waals surface area contributed by atoms with Gasteiger partial charge in [-0.25, -0.2) is 4.39 Å². The molecule has 0 heterocycles. The average molecular weight is 212 g/mol. The summed E-state index contributed by atoms with van der Waals surface area (Å²) in [5.74, 6) is 5.22. The minimum absolute atomic E-state index is 0.178. The molecule has 0 bridgehead atoms. The number of hydrogen-bond donors (Lipinski definition) is 2. The van der Waals surface area contributed by atoms with Gasteiger partial charge in [0, 0.05) is 7.11 Å². The molecule has 0 saturated heterocycles. The van der Waals surface area contributed by atoms with Crippen molar-refractivity contribution in [2.45, 2.75) is 25.5 Å². The Bertz CT molecular complexity index is 311. The van der Waals surface area contributed by atoms with Gasteiger partial charge in [0.2, 0.25) is 0 Å². The fourth-order valence-electron chi connectivity index (χ4n) is 1.47. The maximum atomic E-state index is 12.7. The molecule has 1 atom stereocenters. The van der Waals surface area contributed by atoms with Gasteiger partial charge in [-0.2, -0.15) is 0 Å². The Balaban J connectivity index is 2.97. The maximum absolute atomic E-state index is 12.7. The largest absolute Gasteiger partial charge is 0.377 e. The van der Waals surface area contributed by atoms with E-state index < -0.39 is 5.60 Å². The molecule has 1 aromatic carbocycles. The van der Waals surface area contributed by atoms with Crippen LogP contribution in [0.15, 0.2) is 24.3 Å².